The molecule has 0 amide bonds. The summed E-state index contributed by atoms with van der Waals surface area (Å²) in [6, 6.07) is 20.0. The molecule has 0 atom stereocenters. The number of esters is 2. The van der Waals surface area contributed by atoms with Crippen LogP contribution in [0.15, 0.2) is 78.4 Å². The van der Waals surface area contributed by atoms with Crippen LogP contribution in [0.5, 0.6) is 0 Å². The molecule has 2 aromatic carbocycles. The summed E-state index contributed by atoms with van der Waals surface area (Å²) in [6.45, 7) is 8.36. The Kier molecular flexibility index (Phi) is 19.7. The Morgan fingerprint density at radius 1 is 0.921 bits per heavy atom. The molecule has 5 nitrogen and oxygen atoms in total. The van der Waals surface area contributed by atoms with Crippen molar-refractivity contribution in [1.29, 1.82) is 0 Å². The van der Waals surface area contributed by atoms with Crippen molar-refractivity contribution >= 4 is 54.3 Å². The van der Waals surface area contributed by atoms with Crippen LogP contribution < -0.4 is 5.30 Å². The first-order valence-electron chi connectivity index (χ1n) is 12.0. The zero-order valence-electron chi connectivity index (χ0n) is 22.4. The number of ether oxygens (including phenoxy) is 2. The molecule has 38 heavy (non-hydrogen) atoms. The SMILES string of the molecule is C1CCCC1.C=C(C(=O)OC)C(=[C-]N(Cc1ccccc1)C(=S)[S-])C(=O)OC.CP(C)c1ccccc1.[Co+3]. The van der Waals surface area contributed by atoms with Gasteiger partial charge in [-0.1, -0.05) is 107 Å². The summed E-state index contributed by atoms with van der Waals surface area (Å²) >= 11 is 10.0. The van der Waals surface area contributed by atoms with Crippen molar-refractivity contribution in [2.45, 2.75) is 38.6 Å². The van der Waals surface area contributed by atoms with Crippen LogP contribution in [0.2, 0.25) is 0 Å². The normalized spacial score (nSPS) is 12.0. The molecular weight excluding hydrogens is 580 g/mol. The van der Waals surface area contributed by atoms with Crippen LogP contribution in [0.25, 0.3) is 0 Å². The molecule has 1 saturated carbocycles. The van der Waals surface area contributed by atoms with E-state index in [0.717, 1.165) is 5.56 Å². The quantitative estimate of drug-likeness (QED) is 0.0561. The third-order valence-corrected chi connectivity index (χ3v) is 7.07. The van der Waals surface area contributed by atoms with E-state index >= 15 is 0 Å². The minimum Gasteiger partial charge on any atom is -0.509 e. The van der Waals surface area contributed by atoms with E-state index in [0.29, 0.717) is 0 Å². The zero-order chi connectivity index (χ0) is 27.6. The molecule has 0 radical (unpaired) electrons. The summed E-state index contributed by atoms with van der Waals surface area (Å²) in [5, 5.41) is 1.48. The second-order valence-corrected chi connectivity index (χ2v) is 11.6. The second-order valence-electron chi connectivity index (χ2n) is 8.28. The van der Waals surface area contributed by atoms with Crippen LogP contribution in [-0.2, 0) is 55.0 Å². The maximum Gasteiger partial charge on any atom is 3.00 e. The van der Waals surface area contributed by atoms with Gasteiger partial charge in [-0.25, -0.2) is 0 Å². The van der Waals surface area contributed by atoms with Gasteiger partial charge in [0.2, 0.25) is 0 Å². The van der Waals surface area contributed by atoms with Crippen molar-refractivity contribution in [3.63, 3.8) is 0 Å². The molecule has 1 aliphatic rings. The van der Waals surface area contributed by atoms with E-state index in [9.17, 15) is 9.59 Å². The Hall–Kier alpha value is -2.09. The van der Waals surface area contributed by atoms with E-state index < -0.39 is 11.9 Å². The Balaban J connectivity index is 0.000000738. The van der Waals surface area contributed by atoms with Crippen molar-refractivity contribution in [1.82, 2.24) is 4.90 Å². The molecule has 1 fully saturated rings. The van der Waals surface area contributed by atoms with E-state index in [2.05, 4.69) is 65.9 Å². The summed E-state index contributed by atoms with van der Waals surface area (Å²) in [5.74, 6) is -1.56. The molecule has 0 spiro atoms. The van der Waals surface area contributed by atoms with Gasteiger partial charge < -0.3 is 44.0 Å². The van der Waals surface area contributed by atoms with Crippen LogP contribution in [0.3, 0.4) is 0 Å². The van der Waals surface area contributed by atoms with E-state index in [1.807, 2.05) is 30.3 Å². The monoisotopic (exact) mass is 616 g/mol. The van der Waals surface area contributed by atoms with Crippen LogP contribution in [0.1, 0.15) is 37.7 Å². The molecule has 0 bridgehead atoms. The average Bonchev–Trinajstić information content (AvgIpc) is 3.51. The number of nitrogens with zero attached hydrogens (tertiary/aromatic N) is 1. The molecular formula is C29H36CoNO4PS2+. The fourth-order valence-corrected chi connectivity index (χ4v) is 4.21. The van der Waals surface area contributed by atoms with Crippen LogP contribution >= 0.6 is 20.1 Å². The summed E-state index contributed by atoms with van der Waals surface area (Å²) < 4.78 is 9.27. The van der Waals surface area contributed by atoms with E-state index in [1.165, 1.54) is 56.5 Å². The maximum atomic E-state index is 11.9. The fraction of sp³-hybridized carbons (Fsp3) is 0.345. The first kappa shape index (κ1) is 35.9. The molecule has 3 rings (SSSR count). The molecule has 9 heteroatoms. The Bertz CT molecular complexity index is 1020. The largest absolute Gasteiger partial charge is 3.00 e. The fourth-order valence-electron chi connectivity index (χ4n) is 3.22. The average molecular weight is 617 g/mol. The van der Waals surface area contributed by atoms with Gasteiger partial charge in [-0.3, -0.25) is 4.79 Å². The standard InChI is InChI=1S/C16H16NO4S2.C8H11P.C5H10.Co/c1-11(14(18)20-2)13(15(19)21-3)10-17(16(22)23)9-12-7-5-4-6-8-12;1-9(2)8-6-4-3-5-7-8;1-2-4-5-3-1;/h4-8H,1,9H2,2-3H3,(H,22,23);3-7H,1-2H3;1-5H2;/q-1;;;+3/p-1. The zero-order valence-corrected chi connectivity index (χ0v) is 26.0. The number of rotatable bonds is 7. The van der Waals surface area contributed by atoms with Crippen molar-refractivity contribution in [2.24, 2.45) is 0 Å². The number of hydrogen-bond donors (Lipinski definition) is 0. The number of thiocarbonyl (C=S) groups is 1. The van der Waals surface area contributed by atoms with Gasteiger partial charge in [0.1, 0.15) is 0 Å². The van der Waals surface area contributed by atoms with Crippen molar-refractivity contribution < 1.29 is 35.8 Å². The van der Waals surface area contributed by atoms with Gasteiger partial charge in [-0.05, 0) is 35.3 Å². The van der Waals surface area contributed by atoms with Crippen molar-refractivity contribution in [3.8, 4) is 0 Å². The molecule has 0 saturated heterocycles. The van der Waals surface area contributed by atoms with Gasteiger partial charge in [0.25, 0.3) is 11.9 Å². The molecule has 0 heterocycles. The number of carbonyl (C=O) groups excluding carboxylic acids is 2. The van der Waals surface area contributed by atoms with Crippen molar-refractivity contribution in [3.05, 3.63) is 90.2 Å². The predicted octanol–water partition coefficient (Wildman–Crippen LogP) is 5.91. The molecule has 206 valence electrons. The minimum absolute atomic E-state index is 0. The first-order chi connectivity index (χ1) is 17.7. The maximum absolute atomic E-state index is 11.9. The van der Waals surface area contributed by atoms with Crippen molar-refractivity contribution in [2.75, 3.05) is 27.5 Å². The molecule has 0 N–H and O–H groups in total. The summed E-state index contributed by atoms with van der Waals surface area (Å²) in [4.78, 5) is 24.9. The smallest absolute Gasteiger partial charge is 0.509 e. The molecule has 2 aromatic rings. The Labute approximate surface area is 250 Å². The molecule has 1 aliphatic carbocycles. The summed E-state index contributed by atoms with van der Waals surface area (Å²) in [6.07, 6.45) is 10.2. The third kappa shape index (κ3) is 14.2. The van der Waals surface area contributed by atoms with Gasteiger partial charge in [-0.2, -0.15) is 0 Å². The van der Waals surface area contributed by atoms with Gasteiger partial charge in [0, 0.05) is 6.54 Å². The van der Waals surface area contributed by atoms with Gasteiger partial charge >= 0.3 is 16.8 Å². The van der Waals surface area contributed by atoms with E-state index in [1.54, 1.807) is 0 Å². The topological polar surface area (TPSA) is 55.8 Å². The van der Waals surface area contributed by atoms with Gasteiger partial charge in [0.05, 0.1) is 14.2 Å². The third-order valence-electron chi connectivity index (χ3n) is 5.30. The predicted molar refractivity (Wildman–Crippen MR) is 160 cm³/mol. The molecule has 0 aliphatic heterocycles. The second kappa shape index (κ2) is 20.8. The van der Waals surface area contributed by atoms with Gasteiger partial charge in [0.15, 0.2) is 0 Å². The molecule has 0 aromatic heterocycles. The molecule has 0 unspecified atom stereocenters. The number of methoxy groups -OCH3 is 2. The number of benzene rings is 2. The van der Waals surface area contributed by atoms with E-state index in [4.69, 9.17) is 24.8 Å². The Morgan fingerprint density at radius 2 is 1.37 bits per heavy atom. The van der Waals surface area contributed by atoms with Crippen LogP contribution in [-0.4, -0.2) is 48.7 Å². The summed E-state index contributed by atoms with van der Waals surface area (Å²) in [5.41, 5.74) is 0.520. The van der Waals surface area contributed by atoms with Crippen LogP contribution in [0, 0.1) is 6.20 Å². The van der Waals surface area contributed by atoms with Gasteiger partial charge in [-0.15, -0.1) is 10.9 Å². The van der Waals surface area contributed by atoms with E-state index in [-0.39, 0.29) is 46.7 Å². The number of carbonyl (C=O) groups is 2. The Morgan fingerprint density at radius 3 is 1.74 bits per heavy atom. The number of hydrogen-bond acceptors (Lipinski definition) is 6. The first-order valence-corrected chi connectivity index (χ1v) is 15.0. The summed E-state index contributed by atoms with van der Waals surface area (Å²) in [7, 11) is 2.47. The minimum atomic E-state index is -0.787. The van der Waals surface area contributed by atoms with Crippen LogP contribution in [0.4, 0.5) is 0 Å².